The number of rotatable bonds is 2. The first-order valence-electron chi connectivity index (χ1n) is 4.26. The third-order valence-electron chi connectivity index (χ3n) is 1.90. The maximum absolute atomic E-state index is 11.1. The zero-order valence-corrected chi connectivity index (χ0v) is 9.48. The number of hydrogen-bond acceptors (Lipinski definition) is 5. The standard InChI is InChI=1S/C7H13NO4S2/c1-2-12-7(9)8-5-3-14(10,11)4-6(5)13/h5-6,13H,2-4H2,1H3,(H,8,9). The van der Waals surface area contributed by atoms with E-state index in [-0.39, 0.29) is 23.4 Å². The van der Waals surface area contributed by atoms with Crippen molar-refractivity contribution >= 4 is 28.6 Å². The van der Waals surface area contributed by atoms with E-state index in [0.717, 1.165) is 0 Å². The van der Waals surface area contributed by atoms with E-state index in [9.17, 15) is 13.2 Å². The molecule has 0 aromatic carbocycles. The molecule has 1 aliphatic heterocycles. The average Bonchev–Trinajstić information content (AvgIpc) is 2.25. The van der Waals surface area contributed by atoms with E-state index in [0.29, 0.717) is 0 Å². The SMILES string of the molecule is CCOC(=O)NC1CS(=O)(=O)CC1S. The van der Waals surface area contributed by atoms with Crippen molar-refractivity contribution in [3.8, 4) is 0 Å². The molecule has 1 heterocycles. The molecule has 0 bridgehead atoms. The summed E-state index contributed by atoms with van der Waals surface area (Å²) < 4.78 is 26.9. The molecule has 0 aromatic heterocycles. The highest BCUT2D eigenvalue weighted by Crippen LogP contribution is 2.17. The molecule has 82 valence electrons. The van der Waals surface area contributed by atoms with Gasteiger partial charge in [0.25, 0.3) is 0 Å². The van der Waals surface area contributed by atoms with Gasteiger partial charge in [0, 0.05) is 5.25 Å². The Labute approximate surface area is 88.5 Å². The maximum atomic E-state index is 11.1. The zero-order chi connectivity index (χ0) is 10.8. The van der Waals surface area contributed by atoms with Crippen LogP contribution in [0.2, 0.25) is 0 Å². The van der Waals surface area contributed by atoms with Gasteiger partial charge in [0.05, 0.1) is 24.2 Å². The first kappa shape index (κ1) is 11.6. The minimum Gasteiger partial charge on any atom is -0.450 e. The minimum absolute atomic E-state index is 0.00713. The molecule has 1 fully saturated rings. The summed E-state index contributed by atoms with van der Waals surface area (Å²) in [5.41, 5.74) is 0. The minimum atomic E-state index is -3.05. The number of carbonyl (C=O) groups is 1. The number of thiol groups is 1. The van der Waals surface area contributed by atoms with Crippen LogP contribution in [0.25, 0.3) is 0 Å². The number of nitrogens with one attached hydrogen (secondary N) is 1. The summed E-state index contributed by atoms with van der Waals surface area (Å²) >= 11 is 4.09. The average molecular weight is 239 g/mol. The highest BCUT2D eigenvalue weighted by atomic mass is 32.2. The first-order chi connectivity index (χ1) is 6.44. The maximum Gasteiger partial charge on any atom is 0.407 e. The molecule has 5 nitrogen and oxygen atoms in total. The summed E-state index contributed by atoms with van der Waals surface area (Å²) in [5, 5.41) is 2.13. The summed E-state index contributed by atoms with van der Waals surface area (Å²) in [6.07, 6.45) is -0.589. The highest BCUT2D eigenvalue weighted by Gasteiger charge is 2.36. The van der Waals surface area contributed by atoms with E-state index < -0.39 is 22.0 Å². The first-order valence-corrected chi connectivity index (χ1v) is 6.60. The number of ether oxygens (including phenoxy) is 1. The quantitative estimate of drug-likeness (QED) is 0.656. The molecule has 0 radical (unpaired) electrons. The van der Waals surface area contributed by atoms with E-state index in [2.05, 4.69) is 22.7 Å². The van der Waals surface area contributed by atoms with Gasteiger partial charge < -0.3 is 10.1 Å². The van der Waals surface area contributed by atoms with Gasteiger partial charge in [-0.05, 0) is 6.92 Å². The molecule has 1 rings (SSSR count). The van der Waals surface area contributed by atoms with Gasteiger partial charge in [-0.3, -0.25) is 0 Å². The second kappa shape index (κ2) is 4.39. The van der Waals surface area contributed by atoms with E-state index in [1.165, 1.54) is 0 Å². The predicted molar refractivity (Wildman–Crippen MR) is 55.4 cm³/mol. The van der Waals surface area contributed by atoms with Gasteiger partial charge in [-0.2, -0.15) is 12.6 Å². The molecule has 0 spiro atoms. The Morgan fingerprint density at radius 1 is 1.57 bits per heavy atom. The molecule has 2 unspecified atom stereocenters. The van der Waals surface area contributed by atoms with Crippen molar-refractivity contribution in [3.05, 3.63) is 0 Å². The molecular weight excluding hydrogens is 226 g/mol. The van der Waals surface area contributed by atoms with Gasteiger partial charge in [-0.25, -0.2) is 13.2 Å². The molecule has 1 aliphatic rings. The predicted octanol–water partition coefficient (Wildman–Crippen LogP) is -0.172. The summed E-state index contributed by atoms with van der Waals surface area (Å²) in [7, 11) is -3.05. The van der Waals surface area contributed by atoms with Crippen molar-refractivity contribution in [2.24, 2.45) is 0 Å². The van der Waals surface area contributed by atoms with Crippen LogP contribution in [0.3, 0.4) is 0 Å². The Morgan fingerprint density at radius 3 is 2.64 bits per heavy atom. The normalized spacial score (nSPS) is 29.9. The topological polar surface area (TPSA) is 72.5 Å². The van der Waals surface area contributed by atoms with E-state index >= 15 is 0 Å². The summed E-state index contributed by atoms with van der Waals surface area (Å²) in [6.45, 7) is 1.95. The number of amides is 1. The Balaban J connectivity index is 2.51. The van der Waals surface area contributed by atoms with Gasteiger partial charge in [-0.1, -0.05) is 0 Å². The lowest BCUT2D eigenvalue weighted by atomic mass is 10.2. The van der Waals surface area contributed by atoms with Crippen LogP contribution in [0.5, 0.6) is 0 Å². The largest absolute Gasteiger partial charge is 0.450 e. The van der Waals surface area contributed by atoms with Crippen LogP contribution in [-0.2, 0) is 14.6 Å². The van der Waals surface area contributed by atoms with Crippen molar-refractivity contribution in [1.29, 1.82) is 0 Å². The molecule has 0 aromatic rings. The second-order valence-electron chi connectivity index (χ2n) is 3.12. The molecule has 7 heteroatoms. The lowest BCUT2D eigenvalue weighted by Gasteiger charge is -2.14. The fourth-order valence-electron chi connectivity index (χ4n) is 1.29. The molecule has 0 saturated carbocycles. The van der Waals surface area contributed by atoms with Gasteiger partial charge in [0.2, 0.25) is 0 Å². The number of sulfone groups is 1. The third-order valence-corrected chi connectivity index (χ3v) is 4.42. The van der Waals surface area contributed by atoms with Crippen molar-refractivity contribution in [3.63, 3.8) is 0 Å². The Morgan fingerprint density at radius 2 is 2.21 bits per heavy atom. The number of hydrogen-bond donors (Lipinski definition) is 2. The molecule has 1 N–H and O–H groups in total. The van der Waals surface area contributed by atoms with Crippen molar-refractivity contribution in [2.45, 2.75) is 18.2 Å². The lowest BCUT2D eigenvalue weighted by molar-refractivity contribution is 0.149. The Bertz CT molecular complexity index is 314. The fourth-order valence-corrected chi connectivity index (χ4v) is 4.05. The van der Waals surface area contributed by atoms with Crippen molar-refractivity contribution in [2.75, 3.05) is 18.1 Å². The van der Waals surface area contributed by atoms with Crippen LogP contribution in [0, 0.1) is 0 Å². The van der Waals surface area contributed by atoms with Gasteiger partial charge in [-0.15, -0.1) is 0 Å². The second-order valence-corrected chi connectivity index (χ2v) is 5.93. The molecule has 14 heavy (non-hydrogen) atoms. The van der Waals surface area contributed by atoms with E-state index in [4.69, 9.17) is 0 Å². The smallest absolute Gasteiger partial charge is 0.407 e. The van der Waals surface area contributed by atoms with Crippen LogP contribution in [0.4, 0.5) is 4.79 Å². The van der Waals surface area contributed by atoms with E-state index in [1.54, 1.807) is 6.92 Å². The molecule has 2 atom stereocenters. The zero-order valence-electron chi connectivity index (χ0n) is 7.76. The molecule has 1 amide bonds. The number of carbonyl (C=O) groups excluding carboxylic acids is 1. The molecular formula is C7H13NO4S2. The Hall–Kier alpha value is -0.430. The van der Waals surface area contributed by atoms with Gasteiger partial charge in [0.15, 0.2) is 9.84 Å². The molecule has 1 saturated heterocycles. The van der Waals surface area contributed by atoms with Crippen molar-refractivity contribution in [1.82, 2.24) is 5.32 Å². The van der Waals surface area contributed by atoms with Crippen LogP contribution < -0.4 is 5.32 Å². The van der Waals surface area contributed by atoms with Crippen LogP contribution in [-0.4, -0.2) is 43.9 Å². The summed E-state index contributed by atoms with van der Waals surface area (Å²) in [6, 6.07) is -0.442. The van der Waals surface area contributed by atoms with Crippen LogP contribution >= 0.6 is 12.6 Å². The fraction of sp³-hybridized carbons (Fsp3) is 0.857. The van der Waals surface area contributed by atoms with Gasteiger partial charge >= 0.3 is 6.09 Å². The monoisotopic (exact) mass is 239 g/mol. The number of alkyl carbamates (subject to hydrolysis) is 1. The third kappa shape index (κ3) is 3.06. The summed E-state index contributed by atoms with van der Waals surface area (Å²) in [4.78, 5) is 11.0. The Kier molecular flexibility index (Phi) is 3.65. The van der Waals surface area contributed by atoms with Crippen LogP contribution in [0.1, 0.15) is 6.92 Å². The lowest BCUT2D eigenvalue weighted by Crippen LogP contribution is -2.40. The summed E-state index contributed by atoms with van der Waals surface area (Å²) in [5.74, 6) is -0.0484. The molecule has 0 aliphatic carbocycles. The highest BCUT2D eigenvalue weighted by molar-refractivity contribution is 7.93. The van der Waals surface area contributed by atoms with Crippen LogP contribution in [0.15, 0.2) is 0 Å². The van der Waals surface area contributed by atoms with E-state index in [1.807, 2.05) is 0 Å². The van der Waals surface area contributed by atoms with Gasteiger partial charge in [0.1, 0.15) is 0 Å². The van der Waals surface area contributed by atoms with Crippen molar-refractivity contribution < 1.29 is 17.9 Å².